The molecule has 0 bridgehead atoms. The number of benzene rings is 1. The summed E-state index contributed by atoms with van der Waals surface area (Å²) in [5.74, 6) is 0.0855. The molecule has 1 aliphatic heterocycles. The van der Waals surface area contributed by atoms with E-state index in [1.165, 1.54) is 11.8 Å². The summed E-state index contributed by atoms with van der Waals surface area (Å²) >= 11 is 1.26. The number of hydrogen-bond donors (Lipinski definition) is 1. The SMILES string of the molecule is CC(=O)SC1CC(=O)N(c2ccc(CN)cc2C)C1. The van der Waals surface area contributed by atoms with Gasteiger partial charge in [0.15, 0.2) is 5.12 Å². The molecule has 1 amide bonds. The molecule has 1 heterocycles. The first-order chi connectivity index (χ1) is 9.01. The van der Waals surface area contributed by atoms with Crippen LogP contribution in [0, 0.1) is 6.92 Å². The molecule has 1 aliphatic rings. The van der Waals surface area contributed by atoms with Gasteiger partial charge in [0.1, 0.15) is 0 Å². The Bertz CT molecular complexity index is 516. The Morgan fingerprint density at radius 2 is 2.26 bits per heavy atom. The lowest BCUT2D eigenvalue weighted by molar-refractivity contribution is -0.117. The predicted molar refractivity (Wildman–Crippen MR) is 78.1 cm³/mol. The molecule has 0 aromatic heterocycles. The third-order valence-corrected chi connectivity index (χ3v) is 4.19. The van der Waals surface area contributed by atoms with E-state index in [0.717, 1.165) is 16.8 Å². The van der Waals surface area contributed by atoms with E-state index in [1.54, 1.807) is 11.8 Å². The monoisotopic (exact) mass is 278 g/mol. The van der Waals surface area contributed by atoms with Crippen molar-refractivity contribution >= 4 is 28.5 Å². The number of amides is 1. The number of nitrogens with two attached hydrogens (primary N) is 1. The van der Waals surface area contributed by atoms with E-state index in [1.807, 2.05) is 25.1 Å². The standard InChI is InChI=1S/C14H18N2O2S/c1-9-5-11(7-15)3-4-13(9)16-8-12(6-14(16)18)19-10(2)17/h3-5,12H,6-8,15H2,1-2H3. The Hall–Kier alpha value is -1.33. The Kier molecular flexibility index (Phi) is 4.27. The topological polar surface area (TPSA) is 63.4 Å². The lowest BCUT2D eigenvalue weighted by Crippen LogP contribution is -2.25. The molecule has 2 rings (SSSR count). The van der Waals surface area contributed by atoms with Gasteiger partial charge < -0.3 is 10.6 Å². The highest BCUT2D eigenvalue weighted by Crippen LogP contribution is 2.30. The molecule has 1 saturated heterocycles. The minimum Gasteiger partial charge on any atom is -0.326 e. The second-order valence-electron chi connectivity index (χ2n) is 4.76. The van der Waals surface area contributed by atoms with E-state index in [0.29, 0.717) is 19.5 Å². The maximum atomic E-state index is 12.0. The molecule has 0 spiro atoms. The fraction of sp³-hybridized carbons (Fsp3) is 0.429. The van der Waals surface area contributed by atoms with E-state index in [4.69, 9.17) is 5.73 Å². The number of aryl methyl sites for hydroxylation is 1. The molecule has 0 saturated carbocycles. The molecular weight excluding hydrogens is 260 g/mol. The zero-order chi connectivity index (χ0) is 14.0. The molecule has 0 radical (unpaired) electrons. The van der Waals surface area contributed by atoms with Crippen molar-refractivity contribution < 1.29 is 9.59 Å². The fourth-order valence-corrected chi connectivity index (χ4v) is 3.29. The van der Waals surface area contributed by atoms with Crippen LogP contribution >= 0.6 is 11.8 Å². The zero-order valence-corrected chi connectivity index (χ0v) is 12.0. The summed E-state index contributed by atoms with van der Waals surface area (Å²) in [6, 6.07) is 5.89. The second kappa shape index (κ2) is 5.75. The Balaban J connectivity index is 2.18. The van der Waals surface area contributed by atoms with Gasteiger partial charge in [-0.05, 0) is 24.1 Å². The van der Waals surface area contributed by atoms with Crippen molar-refractivity contribution in [2.45, 2.75) is 32.1 Å². The van der Waals surface area contributed by atoms with Gasteiger partial charge in [-0.1, -0.05) is 23.9 Å². The van der Waals surface area contributed by atoms with Gasteiger partial charge in [-0.2, -0.15) is 0 Å². The molecule has 19 heavy (non-hydrogen) atoms. The van der Waals surface area contributed by atoms with E-state index < -0.39 is 0 Å². The average Bonchev–Trinajstić information content (AvgIpc) is 2.69. The van der Waals surface area contributed by atoms with Gasteiger partial charge in [0.25, 0.3) is 0 Å². The van der Waals surface area contributed by atoms with E-state index in [9.17, 15) is 9.59 Å². The van der Waals surface area contributed by atoms with Crippen LogP contribution in [0.4, 0.5) is 5.69 Å². The number of thioether (sulfide) groups is 1. The molecule has 0 aliphatic carbocycles. The van der Waals surface area contributed by atoms with Gasteiger partial charge in [-0.25, -0.2) is 0 Å². The molecule has 1 aromatic rings. The lowest BCUT2D eigenvalue weighted by atomic mass is 10.1. The summed E-state index contributed by atoms with van der Waals surface area (Å²) < 4.78 is 0. The molecule has 4 nitrogen and oxygen atoms in total. The number of carbonyl (C=O) groups excluding carboxylic acids is 2. The third kappa shape index (κ3) is 3.16. The van der Waals surface area contributed by atoms with E-state index in [2.05, 4.69) is 0 Å². The number of rotatable bonds is 3. The molecule has 1 fully saturated rings. The maximum Gasteiger partial charge on any atom is 0.228 e. The van der Waals surface area contributed by atoms with Gasteiger partial charge in [0.05, 0.1) is 0 Å². The zero-order valence-electron chi connectivity index (χ0n) is 11.2. The second-order valence-corrected chi connectivity index (χ2v) is 6.24. The number of nitrogens with zero attached hydrogens (tertiary/aromatic N) is 1. The minimum atomic E-state index is 0.0647. The quantitative estimate of drug-likeness (QED) is 0.916. The van der Waals surface area contributed by atoms with Crippen LogP contribution in [0.5, 0.6) is 0 Å². The van der Waals surface area contributed by atoms with Gasteiger partial charge in [0, 0.05) is 37.4 Å². The van der Waals surface area contributed by atoms with Crippen LogP contribution in [-0.4, -0.2) is 22.8 Å². The molecule has 1 atom stereocenters. The van der Waals surface area contributed by atoms with Crippen molar-refractivity contribution in [3.8, 4) is 0 Å². The van der Waals surface area contributed by atoms with Crippen LogP contribution in [-0.2, 0) is 16.1 Å². The Morgan fingerprint density at radius 3 is 2.84 bits per heavy atom. The van der Waals surface area contributed by atoms with Crippen molar-refractivity contribution in [1.82, 2.24) is 0 Å². The average molecular weight is 278 g/mol. The molecule has 102 valence electrons. The Labute approximate surface area is 117 Å². The van der Waals surface area contributed by atoms with Crippen LogP contribution in [0.3, 0.4) is 0 Å². The summed E-state index contributed by atoms with van der Waals surface area (Å²) in [5.41, 5.74) is 8.63. The van der Waals surface area contributed by atoms with Crippen molar-refractivity contribution in [3.63, 3.8) is 0 Å². The largest absolute Gasteiger partial charge is 0.326 e. The highest BCUT2D eigenvalue weighted by atomic mass is 32.2. The summed E-state index contributed by atoms with van der Waals surface area (Å²) in [6.07, 6.45) is 0.433. The van der Waals surface area contributed by atoms with Crippen LogP contribution in [0.1, 0.15) is 24.5 Å². The molecular formula is C14H18N2O2S. The summed E-state index contributed by atoms with van der Waals surface area (Å²) in [5, 5.41) is 0.133. The lowest BCUT2D eigenvalue weighted by Gasteiger charge is -2.19. The molecule has 2 N–H and O–H groups in total. The third-order valence-electron chi connectivity index (χ3n) is 3.21. The van der Waals surface area contributed by atoms with Gasteiger partial charge in [0.2, 0.25) is 5.91 Å². The first-order valence-corrected chi connectivity index (χ1v) is 7.16. The summed E-state index contributed by atoms with van der Waals surface area (Å²) in [6.45, 7) is 4.62. The predicted octanol–water partition coefficient (Wildman–Crippen LogP) is 1.84. The molecule has 1 unspecified atom stereocenters. The van der Waals surface area contributed by atoms with Crippen LogP contribution in [0.2, 0.25) is 0 Å². The van der Waals surface area contributed by atoms with Gasteiger partial charge in [-0.15, -0.1) is 0 Å². The summed E-state index contributed by atoms with van der Waals surface area (Å²) in [7, 11) is 0. The van der Waals surface area contributed by atoms with Crippen molar-refractivity contribution in [1.29, 1.82) is 0 Å². The van der Waals surface area contributed by atoms with E-state index in [-0.39, 0.29) is 16.3 Å². The molecule has 5 heteroatoms. The van der Waals surface area contributed by atoms with Crippen molar-refractivity contribution in [2.75, 3.05) is 11.4 Å². The van der Waals surface area contributed by atoms with Crippen molar-refractivity contribution in [3.05, 3.63) is 29.3 Å². The maximum absolute atomic E-state index is 12.0. The first kappa shape index (κ1) is 14.1. The first-order valence-electron chi connectivity index (χ1n) is 6.28. The van der Waals surface area contributed by atoms with Crippen molar-refractivity contribution in [2.24, 2.45) is 5.73 Å². The highest BCUT2D eigenvalue weighted by Gasteiger charge is 2.32. The van der Waals surface area contributed by atoms with Crippen LogP contribution in [0.15, 0.2) is 18.2 Å². The van der Waals surface area contributed by atoms with Gasteiger partial charge in [-0.3, -0.25) is 9.59 Å². The van der Waals surface area contributed by atoms with E-state index >= 15 is 0 Å². The fourth-order valence-electron chi connectivity index (χ4n) is 2.37. The molecule has 1 aromatic carbocycles. The number of carbonyl (C=O) groups is 2. The number of anilines is 1. The smallest absolute Gasteiger partial charge is 0.228 e. The normalized spacial score (nSPS) is 19.0. The van der Waals surface area contributed by atoms with Crippen LogP contribution < -0.4 is 10.6 Å². The number of hydrogen-bond acceptors (Lipinski definition) is 4. The van der Waals surface area contributed by atoms with Crippen LogP contribution in [0.25, 0.3) is 0 Å². The summed E-state index contributed by atoms with van der Waals surface area (Å²) in [4.78, 5) is 24.9. The van der Waals surface area contributed by atoms with Gasteiger partial charge >= 0.3 is 0 Å². The Morgan fingerprint density at radius 1 is 1.53 bits per heavy atom. The highest BCUT2D eigenvalue weighted by molar-refractivity contribution is 8.14. The minimum absolute atomic E-state index is 0.0647.